The van der Waals surface area contributed by atoms with Gasteiger partial charge in [0.1, 0.15) is 5.75 Å². The monoisotopic (exact) mass is 479 g/mol. The summed E-state index contributed by atoms with van der Waals surface area (Å²) < 4.78 is 7.64. The minimum atomic E-state index is -0.262. The fourth-order valence-corrected chi connectivity index (χ4v) is 4.94. The van der Waals surface area contributed by atoms with Crippen LogP contribution in [0.1, 0.15) is 23.4 Å². The average Bonchev–Trinajstić information content (AvgIpc) is 3.25. The van der Waals surface area contributed by atoms with Crippen LogP contribution < -0.4 is 4.74 Å². The summed E-state index contributed by atoms with van der Waals surface area (Å²) in [5.74, 6) is 1.55. The summed E-state index contributed by atoms with van der Waals surface area (Å²) >= 11 is 1.74. The van der Waals surface area contributed by atoms with Crippen molar-refractivity contribution in [1.29, 1.82) is 0 Å². The number of pyridine rings is 1. The molecule has 34 heavy (non-hydrogen) atoms. The molecule has 7 nitrogen and oxygen atoms in total. The van der Waals surface area contributed by atoms with Gasteiger partial charge in [-0.25, -0.2) is 9.78 Å². The number of piperazine rings is 1. The van der Waals surface area contributed by atoms with E-state index >= 15 is 0 Å². The maximum atomic E-state index is 12.6. The first-order valence-corrected chi connectivity index (χ1v) is 12.9. The zero-order chi connectivity index (χ0) is 23.8. The van der Waals surface area contributed by atoms with Crippen molar-refractivity contribution in [3.63, 3.8) is 0 Å². The minimum Gasteiger partial charge on any atom is -0.410 e. The van der Waals surface area contributed by atoms with Crippen molar-refractivity contribution in [2.24, 2.45) is 7.05 Å². The fourth-order valence-electron chi connectivity index (χ4n) is 4.02. The Bertz CT molecular complexity index is 1060. The van der Waals surface area contributed by atoms with Crippen molar-refractivity contribution in [1.82, 2.24) is 24.3 Å². The largest absolute Gasteiger partial charge is 0.415 e. The normalized spacial score (nSPS) is 14.4. The van der Waals surface area contributed by atoms with E-state index in [1.807, 2.05) is 61.3 Å². The second kappa shape index (κ2) is 12.0. The molecule has 0 unspecified atom stereocenters. The molecular weight excluding hydrogens is 446 g/mol. The van der Waals surface area contributed by atoms with Crippen molar-refractivity contribution in [2.45, 2.75) is 31.3 Å². The second-order valence-electron chi connectivity index (χ2n) is 8.63. The van der Waals surface area contributed by atoms with E-state index in [9.17, 15) is 4.79 Å². The Morgan fingerprint density at radius 3 is 2.56 bits per heavy atom. The van der Waals surface area contributed by atoms with Crippen LogP contribution in [0.25, 0.3) is 0 Å². The van der Waals surface area contributed by atoms with E-state index in [1.54, 1.807) is 16.7 Å². The standard InChI is InChI=1S/C26H33N5O2S/c1-21-5-3-6-23(28-21)7-4-14-30-16-18-31(19-17-30)26(32)33-24-10-8-22(9-11-24)12-20-34-25-27-13-15-29(25)2/h3,5-6,8-11,13,15H,4,7,12,14,16-20H2,1-2H3. The van der Waals surface area contributed by atoms with Gasteiger partial charge < -0.3 is 14.2 Å². The summed E-state index contributed by atoms with van der Waals surface area (Å²) in [7, 11) is 2.00. The molecule has 4 rings (SSSR count). The van der Waals surface area contributed by atoms with Crippen LogP contribution >= 0.6 is 11.8 Å². The van der Waals surface area contributed by atoms with E-state index in [2.05, 4.69) is 27.0 Å². The Morgan fingerprint density at radius 1 is 1.06 bits per heavy atom. The van der Waals surface area contributed by atoms with Gasteiger partial charge in [-0.1, -0.05) is 30.0 Å². The number of carbonyl (C=O) groups is 1. The predicted octanol–water partition coefficient (Wildman–Crippen LogP) is 4.21. The summed E-state index contributed by atoms with van der Waals surface area (Å²) in [4.78, 5) is 25.7. The molecule has 180 valence electrons. The smallest absolute Gasteiger partial charge is 0.410 e. The first-order valence-electron chi connectivity index (χ1n) is 11.9. The molecule has 0 bridgehead atoms. The molecule has 0 N–H and O–H groups in total. The summed E-state index contributed by atoms with van der Waals surface area (Å²) in [6, 6.07) is 14.0. The van der Waals surface area contributed by atoms with Gasteiger partial charge >= 0.3 is 6.09 Å². The fraction of sp³-hybridized carbons (Fsp3) is 0.423. The first kappa shape index (κ1) is 24.3. The van der Waals surface area contributed by atoms with Gasteiger partial charge in [0.15, 0.2) is 5.16 Å². The van der Waals surface area contributed by atoms with Gasteiger partial charge in [0.05, 0.1) is 0 Å². The van der Waals surface area contributed by atoms with Crippen LogP contribution in [0, 0.1) is 6.92 Å². The number of imidazole rings is 1. The highest BCUT2D eigenvalue weighted by molar-refractivity contribution is 7.99. The van der Waals surface area contributed by atoms with E-state index < -0.39 is 0 Å². The van der Waals surface area contributed by atoms with Gasteiger partial charge in [-0.05, 0) is 62.6 Å². The lowest BCUT2D eigenvalue weighted by molar-refractivity contribution is 0.110. The van der Waals surface area contributed by atoms with Crippen LogP contribution in [0.2, 0.25) is 0 Å². The number of hydrogen-bond acceptors (Lipinski definition) is 6. The zero-order valence-corrected chi connectivity index (χ0v) is 20.8. The number of aromatic nitrogens is 3. The summed E-state index contributed by atoms with van der Waals surface area (Å²) in [6.45, 7) is 6.21. The number of rotatable bonds is 9. The van der Waals surface area contributed by atoms with Crippen LogP contribution in [-0.2, 0) is 19.9 Å². The molecule has 2 aromatic heterocycles. The number of amides is 1. The third-order valence-electron chi connectivity index (χ3n) is 6.01. The molecule has 1 saturated heterocycles. The number of aryl methyl sites for hydroxylation is 4. The van der Waals surface area contributed by atoms with Crippen molar-refractivity contribution in [2.75, 3.05) is 38.5 Å². The second-order valence-corrected chi connectivity index (χ2v) is 9.70. The van der Waals surface area contributed by atoms with Crippen LogP contribution in [0.5, 0.6) is 5.75 Å². The van der Waals surface area contributed by atoms with E-state index in [0.29, 0.717) is 18.8 Å². The topological polar surface area (TPSA) is 63.5 Å². The Hall–Kier alpha value is -2.84. The van der Waals surface area contributed by atoms with Crippen LogP contribution in [0.15, 0.2) is 60.0 Å². The van der Waals surface area contributed by atoms with Crippen molar-refractivity contribution in [3.05, 3.63) is 71.8 Å². The van der Waals surface area contributed by atoms with Crippen molar-refractivity contribution >= 4 is 17.9 Å². The summed E-state index contributed by atoms with van der Waals surface area (Å²) in [6.07, 6.45) is 6.51. The molecule has 1 aromatic carbocycles. The lowest BCUT2D eigenvalue weighted by atomic mass is 10.2. The van der Waals surface area contributed by atoms with E-state index in [1.165, 1.54) is 5.56 Å². The van der Waals surface area contributed by atoms with Gasteiger partial charge in [-0.15, -0.1) is 0 Å². The third kappa shape index (κ3) is 7.08. The van der Waals surface area contributed by atoms with Gasteiger partial charge in [0.25, 0.3) is 0 Å². The predicted molar refractivity (Wildman–Crippen MR) is 135 cm³/mol. The molecule has 0 atom stereocenters. The Morgan fingerprint density at radius 2 is 1.85 bits per heavy atom. The van der Waals surface area contributed by atoms with Gasteiger partial charge in [0, 0.05) is 62.8 Å². The van der Waals surface area contributed by atoms with Crippen LogP contribution in [0.3, 0.4) is 0 Å². The van der Waals surface area contributed by atoms with Crippen molar-refractivity contribution in [3.8, 4) is 5.75 Å². The molecular formula is C26H33N5O2S. The lowest BCUT2D eigenvalue weighted by Gasteiger charge is -2.34. The molecule has 8 heteroatoms. The molecule has 1 amide bonds. The molecule has 1 fully saturated rings. The molecule has 3 heterocycles. The lowest BCUT2D eigenvalue weighted by Crippen LogP contribution is -2.49. The third-order valence-corrected chi connectivity index (χ3v) is 7.07. The Labute approximate surface area is 206 Å². The highest BCUT2D eigenvalue weighted by Gasteiger charge is 2.22. The first-order chi connectivity index (χ1) is 16.6. The van der Waals surface area contributed by atoms with E-state index in [-0.39, 0.29) is 6.09 Å². The highest BCUT2D eigenvalue weighted by Crippen LogP contribution is 2.19. The highest BCUT2D eigenvalue weighted by atomic mass is 32.2. The molecule has 3 aromatic rings. The van der Waals surface area contributed by atoms with E-state index in [0.717, 1.165) is 61.2 Å². The number of nitrogens with zero attached hydrogens (tertiary/aromatic N) is 5. The Balaban J connectivity index is 1.14. The van der Waals surface area contributed by atoms with E-state index in [4.69, 9.17) is 4.74 Å². The summed E-state index contributed by atoms with van der Waals surface area (Å²) in [5.41, 5.74) is 3.44. The zero-order valence-electron chi connectivity index (χ0n) is 20.0. The maximum Gasteiger partial charge on any atom is 0.415 e. The quantitative estimate of drug-likeness (QED) is 0.429. The molecule has 0 saturated carbocycles. The molecule has 0 spiro atoms. The maximum absolute atomic E-state index is 12.6. The summed E-state index contributed by atoms with van der Waals surface area (Å²) in [5, 5.41) is 1.02. The molecule has 1 aliphatic heterocycles. The Kier molecular flexibility index (Phi) is 8.60. The molecule has 0 aliphatic carbocycles. The van der Waals surface area contributed by atoms with Gasteiger partial charge in [-0.3, -0.25) is 9.88 Å². The van der Waals surface area contributed by atoms with Crippen LogP contribution in [0.4, 0.5) is 4.79 Å². The number of hydrogen-bond donors (Lipinski definition) is 0. The van der Waals surface area contributed by atoms with Gasteiger partial charge in [0.2, 0.25) is 0 Å². The molecule has 0 radical (unpaired) electrons. The number of ether oxygens (including phenoxy) is 1. The van der Waals surface area contributed by atoms with Crippen LogP contribution in [-0.4, -0.2) is 68.9 Å². The number of carbonyl (C=O) groups excluding carboxylic acids is 1. The molecule has 1 aliphatic rings. The number of benzene rings is 1. The number of thioether (sulfide) groups is 1. The SMILES string of the molecule is Cc1cccc(CCCN2CCN(C(=O)Oc3ccc(CCSc4nccn4C)cc3)CC2)n1. The average molecular weight is 480 g/mol. The van der Waals surface area contributed by atoms with Gasteiger partial charge in [-0.2, -0.15) is 0 Å². The van der Waals surface area contributed by atoms with Crippen molar-refractivity contribution < 1.29 is 9.53 Å². The minimum absolute atomic E-state index is 0.262.